The van der Waals surface area contributed by atoms with Gasteiger partial charge in [-0.1, -0.05) is 23.3 Å². The van der Waals surface area contributed by atoms with Crippen molar-refractivity contribution in [2.24, 2.45) is 5.73 Å². The third-order valence-electron chi connectivity index (χ3n) is 2.67. The third-order valence-corrected chi connectivity index (χ3v) is 3.04. The second kappa shape index (κ2) is 4.33. The van der Waals surface area contributed by atoms with Crippen LogP contribution >= 0.6 is 11.6 Å². The van der Waals surface area contributed by atoms with Gasteiger partial charge in [0.15, 0.2) is 0 Å². The van der Waals surface area contributed by atoms with Gasteiger partial charge in [-0.3, -0.25) is 0 Å². The zero-order chi connectivity index (χ0) is 10.8. The summed E-state index contributed by atoms with van der Waals surface area (Å²) in [6, 6.07) is 4.63. The maximum atomic E-state index is 13.0. The van der Waals surface area contributed by atoms with Gasteiger partial charge in [-0.25, -0.2) is 4.39 Å². The van der Waals surface area contributed by atoms with Crippen molar-refractivity contribution in [2.45, 2.75) is 25.3 Å². The average molecular weight is 226 g/mol. The average Bonchev–Trinajstić information content (AvgIpc) is 2.58. The Kier molecular flexibility index (Phi) is 3.08. The summed E-state index contributed by atoms with van der Waals surface area (Å²) in [5.74, 6) is -0.239. The van der Waals surface area contributed by atoms with E-state index in [9.17, 15) is 4.39 Å². The van der Waals surface area contributed by atoms with Crippen molar-refractivity contribution in [1.29, 1.82) is 0 Å². The quantitative estimate of drug-likeness (QED) is 0.770. The fourth-order valence-electron chi connectivity index (χ4n) is 1.89. The number of hydrogen-bond acceptors (Lipinski definition) is 1. The summed E-state index contributed by atoms with van der Waals surface area (Å²) in [5, 5.41) is 0.623. The van der Waals surface area contributed by atoms with E-state index in [0.717, 1.165) is 18.4 Å². The number of hydrogen-bond donors (Lipinski definition) is 1. The Labute approximate surface area is 93.7 Å². The molecule has 2 N–H and O–H groups in total. The minimum atomic E-state index is -0.239. The number of allylic oxidation sites excluding steroid dienone is 1. The van der Waals surface area contributed by atoms with Crippen LogP contribution in [0.15, 0.2) is 29.8 Å². The molecule has 0 aliphatic heterocycles. The van der Waals surface area contributed by atoms with Crippen molar-refractivity contribution in [3.8, 4) is 0 Å². The van der Waals surface area contributed by atoms with Crippen LogP contribution in [0.1, 0.15) is 18.4 Å². The molecule has 1 unspecified atom stereocenters. The maximum Gasteiger partial charge on any atom is 0.123 e. The van der Waals surface area contributed by atoms with Gasteiger partial charge in [0.05, 0.1) is 0 Å². The Balaban J connectivity index is 2.17. The fourth-order valence-corrected chi connectivity index (χ4v) is 2.08. The van der Waals surface area contributed by atoms with Crippen LogP contribution in [-0.2, 0) is 6.42 Å². The molecule has 15 heavy (non-hydrogen) atoms. The van der Waals surface area contributed by atoms with E-state index in [1.54, 1.807) is 6.07 Å². The molecule has 1 aromatic rings. The van der Waals surface area contributed by atoms with Gasteiger partial charge in [-0.15, -0.1) is 0 Å². The van der Waals surface area contributed by atoms with Crippen molar-refractivity contribution >= 4 is 11.6 Å². The SMILES string of the molecule is NC1C=C(Cc2cc(F)ccc2Cl)CC1. The molecule has 0 radical (unpaired) electrons. The molecule has 1 aliphatic carbocycles. The van der Waals surface area contributed by atoms with Crippen LogP contribution in [-0.4, -0.2) is 6.04 Å². The lowest BCUT2D eigenvalue weighted by Crippen LogP contribution is -2.11. The Bertz CT molecular complexity index is 401. The third kappa shape index (κ3) is 2.58. The van der Waals surface area contributed by atoms with Gasteiger partial charge in [0, 0.05) is 11.1 Å². The van der Waals surface area contributed by atoms with Gasteiger partial charge >= 0.3 is 0 Å². The zero-order valence-electron chi connectivity index (χ0n) is 8.34. The van der Waals surface area contributed by atoms with E-state index in [4.69, 9.17) is 17.3 Å². The standard InChI is InChI=1S/C12H13ClFN/c13-12-4-2-10(14)7-9(12)5-8-1-3-11(15)6-8/h2,4,6-7,11H,1,3,5,15H2. The molecule has 0 fully saturated rings. The Morgan fingerprint density at radius 2 is 2.27 bits per heavy atom. The molecular formula is C12H13ClFN. The van der Waals surface area contributed by atoms with E-state index in [-0.39, 0.29) is 11.9 Å². The van der Waals surface area contributed by atoms with E-state index in [1.165, 1.54) is 17.7 Å². The number of nitrogens with two attached hydrogens (primary N) is 1. The monoisotopic (exact) mass is 225 g/mol. The molecule has 0 amide bonds. The number of halogens is 2. The molecule has 0 spiro atoms. The summed E-state index contributed by atoms with van der Waals surface area (Å²) in [4.78, 5) is 0. The highest BCUT2D eigenvalue weighted by atomic mass is 35.5. The maximum absolute atomic E-state index is 13.0. The lowest BCUT2D eigenvalue weighted by Gasteiger charge is -2.04. The molecule has 0 saturated heterocycles. The van der Waals surface area contributed by atoms with Crippen molar-refractivity contribution in [3.63, 3.8) is 0 Å². The first-order chi connectivity index (χ1) is 7.15. The lowest BCUT2D eigenvalue weighted by molar-refractivity contribution is 0.626. The first-order valence-corrected chi connectivity index (χ1v) is 5.42. The van der Waals surface area contributed by atoms with Gasteiger partial charge < -0.3 is 5.73 Å². The predicted molar refractivity (Wildman–Crippen MR) is 60.4 cm³/mol. The van der Waals surface area contributed by atoms with E-state index in [2.05, 4.69) is 6.08 Å². The molecular weight excluding hydrogens is 213 g/mol. The van der Waals surface area contributed by atoms with Crippen LogP contribution in [0.5, 0.6) is 0 Å². The summed E-state index contributed by atoms with van der Waals surface area (Å²) >= 11 is 5.99. The van der Waals surface area contributed by atoms with Crippen LogP contribution in [0.2, 0.25) is 5.02 Å². The minimum Gasteiger partial charge on any atom is -0.324 e. The molecule has 0 saturated carbocycles. The Morgan fingerprint density at radius 3 is 2.93 bits per heavy atom. The van der Waals surface area contributed by atoms with Crippen molar-refractivity contribution in [1.82, 2.24) is 0 Å². The summed E-state index contributed by atoms with van der Waals surface area (Å²) < 4.78 is 13.0. The summed E-state index contributed by atoms with van der Waals surface area (Å²) in [7, 11) is 0. The summed E-state index contributed by atoms with van der Waals surface area (Å²) in [6.07, 6.45) is 4.75. The molecule has 80 valence electrons. The zero-order valence-corrected chi connectivity index (χ0v) is 9.10. The molecule has 1 aliphatic rings. The second-order valence-corrected chi connectivity index (χ2v) is 4.35. The smallest absolute Gasteiger partial charge is 0.123 e. The van der Waals surface area contributed by atoms with E-state index in [1.807, 2.05) is 0 Å². The molecule has 0 heterocycles. The fraction of sp³-hybridized carbons (Fsp3) is 0.333. The second-order valence-electron chi connectivity index (χ2n) is 3.94. The van der Waals surface area contributed by atoms with Crippen LogP contribution in [0.4, 0.5) is 4.39 Å². The predicted octanol–water partition coefficient (Wildman–Crippen LogP) is 3.07. The van der Waals surface area contributed by atoms with E-state index in [0.29, 0.717) is 11.4 Å². The molecule has 2 rings (SSSR count). The summed E-state index contributed by atoms with van der Waals surface area (Å²) in [6.45, 7) is 0. The highest BCUT2D eigenvalue weighted by Crippen LogP contribution is 2.25. The molecule has 1 atom stereocenters. The summed E-state index contributed by atoms with van der Waals surface area (Å²) in [5.41, 5.74) is 7.87. The first-order valence-electron chi connectivity index (χ1n) is 5.04. The minimum absolute atomic E-state index is 0.160. The number of benzene rings is 1. The largest absolute Gasteiger partial charge is 0.324 e. The molecule has 0 bridgehead atoms. The van der Waals surface area contributed by atoms with Crippen LogP contribution in [0.3, 0.4) is 0 Å². The molecule has 1 aromatic carbocycles. The molecule has 1 nitrogen and oxygen atoms in total. The van der Waals surface area contributed by atoms with Gasteiger partial charge in [-0.2, -0.15) is 0 Å². The normalized spacial score (nSPS) is 20.5. The van der Waals surface area contributed by atoms with Crippen LogP contribution < -0.4 is 5.73 Å². The van der Waals surface area contributed by atoms with Crippen LogP contribution in [0, 0.1) is 5.82 Å². The van der Waals surface area contributed by atoms with Gasteiger partial charge in [0.25, 0.3) is 0 Å². The van der Waals surface area contributed by atoms with Crippen LogP contribution in [0.25, 0.3) is 0 Å². The number of rotatable bonds is 2. The topological polar surface area (TPSA) is 26.0 Å². The van der Waals surface area contributed by atoms with E-state index < -0.39 is 0 Å². The first kappa shape index (κ1) is 10.7. The Hall–Kier alpha value is -0.860. The Morgan fingerprint density at radius 1 is 1.47 bits per heavy atom. The highest BCUT2D eigenvalue weighted by Gasteiger charge is 2.13. The molecule has 0 aromatic heterocycles. The van der Waals surface area contributed by atoms with Crippen molar-refractivity contribution in [3.05, 3.63) is 46.3 Å². The van der Waals surface area contributed by atoms with Gasteiger partial charge in [0.1, 0.15) is 5.82 Å². The lowest BCUT2D eigenvalue weighted by atomic mass is 10.0. The van der Waals surface area contributed by atoms with Crippen molar-refractivity contribution < 1.29 is 4.39 Å². The van der Waals surface area contributed by atoms with Crippen molar-refractivity contribution in [2.75, 3.05) is 0 Å². The highest BCUT2D eigenvalue weighted by molar-refractivity contribution is 6.31. The molecule has 3 heteroatoms. The van der Waals surface area contributed by atoms with Gasteiger partial charge in [0.2, 0.25) is 0 Å². The van der Waals surface area contributed by atoms with E-state index >= 15 is 0 Å². The van der Waals surface area contributed by atoms with Gasteiger partial charge in [-0.05, 0) is 43.0 Å².